The van der Waals surface area contributed by atoms with Crippen LogP contribution in [0.2, 0.25) is 0 Å². The number of rotatable bonds is 6. The van der Waals surface area contributed by atoms with Crippen LogP contribution >= 0.6 is 0 Å². The first-order valence-corrected chi connectivity index (χ1v) is 17.4. The minimum Gasteiger partial charge on any atom is -0.456 e. The third-order valence-corrected chi connectivity index (χ3v) is 9.59. The molecule has 1 heterocycles. The summed E-state index contributed by atoms with van der Waals surface area (Å²) < 4.78 is 206. The van der Waals surface area contributed by atoms with Gasteiger partial charge in [-0.05, 0) is 109 Å². The first-order chi connectivity index (χ1) is 36.9. The molecule has 2 nitrogen and oxygen atoms in total. The van der Waals surface area contributed by atoms with E-state index >= 15 is 0 Å². The molecule has 0 spiro atoms. The molecule has 0 saturated carbocycles. The molecule has 0 aliphatic carbocycles. The molecule has 56 heavy (non-hydrogen) atoms. The number of hydrogen-bond acceptors (Lipinski definition) is 2. The number of benzene rings is 10. The zero-order valence-electron chi connectivity index (χ0n) is 50.9. The zero-order chi connectivity index (χ0) is 56.1. The maximum atomic E-state index is 9.84. The van der Waals surface area contributed by atoms with Crippen LogP contribution in [0.25, 0.3) is 87.6 Å². The first-order valence-electron chi connectivity index (χ1n) is 28.4. The van der Waals surface area contributed by atoms with E-state index in [1.807, 2.05) is 36.4 Å². The highest BCUT2D eigenvalue weighted by molar-refractivity contribution is 6.16. The number of furan rings is 1. The lowest BCUT2D eigenvalue weighted by molar-refractivity contribution is 0.669. The summed E-state index contributed by atoms with van der Waals surface area (Å²) in [6.45, 7) is 0. The van der Waals surface area contributed by atoms with E-state index in [1.54, 1.807) is 30.3 Å². The van der Waals surface area contributed by atoms with Crippen LogP contribution in [0.15, 0.2) is 216 Å². The maximum Gasteiger partial charge on any atom is 0.136 e. The number of anilines is 3. The van der Waals surface area contributed by atoms with Crippen LogP contribution in [0.1, 0.15) is 30.2 Å². The Balaban J connectivity index is 1.28. The molecule has 0 aliphatic heterocycles. The predicted octanol–water partition coefficient (Wildman–Crippen LogP) is 15.5. The van der Waals surface area contributed by atoms with Gasteiger partial charge in [-0.15, -0.1) is 0 Å². The molecule has 0 saturated heterocycles. The van der Waals surface area contributed by atoms with Gasteiger partial charge in [0.15, 0.2) is 0 Å². The zero-order valence-corrected chi connectivity index (χ0v) is 28.9. The largest absolute Gasteiger partial charge is 0.456 e. The van der Waals surface area contributed by atoms with Gasteiger partial charge < -0.3 is 9.32 Å². The van der Waals surface area contributed by atoms with Gasteiger partial charge in [-0.2, -0.15) is 0 Å². The van der Waals surface area contributed by atoms with Gasteiger partial charge in [0.05, 0.1) is 35.8 Å². The second kappa shape index (κ2) is 13.2. The van der Waals surface area contributed by atoms with Crippen LogP contribution in [0, 0.1) is 0 Å². The molecule has 2 heteroatoms. The van der Waals surface area contributed by atoms with Gasteiger partial charge >= 0.3 is 0 Å². The van der Waals surface area contributed by atoms with Crippen LogP contribution in [-0.4, -0.2) is 0 Å². The Bertz CT molecular complexity index is 4290. The second-order valence-electron chi connectivity index (χ2n) is 12.8. The summed E-state index contributed by atoms with van der Waals surface area (Å²) in [6.07, 6.45) is 0. The van der Waals surface area contributed by atoms with E-state index in [4.69, 9.17) is 23.6 Å². The van der Waals surface area contributed by atoms with E-state index < -0.39 is 188 Å². The van der Waals surface area contributed by atoms with Crippen molar-refractivity contribution in [3.05, 3.63) is 212 Å². The summed E-state index contributed by atoms with van der Waals surface area (Å²) in [7, 11) is 0. The monoisotopic (exact) mass is 735 g/mol. The van der Waals surface area contributed by atoms with Crippen LogP contribution < -0.4 is 4.90 Å². The number of fused-ring (bicyclic) bond motifs is 6. The molecule has 262 valence electrons. The van der Waals surface area contributed by atoms with Gasteiger partial charge in [0, 0.05) is 27.7 Å². The summed E-state index contributed by atoms with van der Waals surface area (Å²) in [5, 5.41) is 0.918. The average molecular weight is 736 g/mol. The lowest BCUT2D eigenvalue weighted by Crippen LogP contribution is -2.11. The van der Waals surface area contributed by atoms with Gasteiger partial charge in [-0.25, -0.2) is 0 Å². The molecular formula is C54H35NO. The van der Waals surface area contributed by atoms with E-state index in [9.17, 15) is 11.0 Å². The van der Waals surface area contributed by atoms with Crippen molar-refractivity contribution in [1.82, 2.24) is 0 Å². The summed E-state index contributed by atoms with van der Waals surface area (Å²) in [6, 6.07) is 4.33. The van der Waals surface area contributed by atoms with E-state index in [2.05, 4.69) is 0 Å². The number of hydrogen-bond donors (Lipinski definition) is 0. The van der Waals surface area contributed by atoms with Gasteiger partial charge in [-0.3, -0.25) is 0 Å². The lowest BCUT2D eigenvalue weighted by atomic mass is 9.95. The fraction of sp³-hybridized carbons (Fsp3) is 0. The molecule has 11 rings (SSSR count). The van der Waals surface area contributed by atoms with E-state index in [-0.39, 0.29) is 11.3 Å². The van der Waals surface area contributed by atoms with Crippen LogP contribution in [-0.2, 0) is 0 Å². The highest BCUT2D eigenvalue weighted by Crippen LogP contribution is 2.46. The second-order valence-corrected chi connectivity index (χ2v) is 12.8. The summed E-state index contributed by atoms with van der Waals surface area (Å²) in [5.41, 5.74) is -2.41. The predicted molar refractivity (Wildman–Crippen MR) is 237 cm³/mol. The molecule has 0 amide bonds. The molecule has 0 N–H and O–H groups in total. The highest BCUT2D eigenvalue weighted by atomic mass is 16.3. The Hall–Kier alpha value is -7.42. The third kappa shape index (κ3) is 5.34. The third-order valence-electron chi connectivity index (χ3n) is 9.59. The SMILES string of the molecule is [2H]c1c([2H])c(N(c2ccccc2-c2cccc3oc4cc5ccccc5cc4c23)c2c([2H])c([2H])c(-c3c([2H])c([2H])c([2H])c4c([2H])c([2H])c([2H])c([2H])c34)c([2H])c2[2H])c([2H])c([2H])c1-c1c([2H])c([2H])c([2H])c2c([2H])c([2H])c([2H])c([2H])c12. The van der Waals surface area contributed by atoms with Gasteiger partial charge in [-0.1, -0.05) is 163 Å². The first kappa shape index (κ1) is 16.9. The minimum absolute atomic E-state index is 0.0530. The van der Waals surface area contributed by atoms with E-state index in [0.29, 0.717) is 27.5 Å². The molecule has 1 aromatic heterocycles. The van der Waals surface area contributed by atoms with Crippen LogP contribution in [0.4, 0.5) is 17.1 Å². The molecule has 0 radical (unpaired) electrons. The molecule has 0 fully saturated rings. The fourth-order valence-electron chi connectivity index (χ4n) is 7.07. The normalized spacial score (nSPS) is 17.1. The summed E-state index contributed by atoms with van der Waals surface area (Å²) in [5.74, 6) is 0. The Morgan fingerprint density at radius 3 is 1.55 bits per heavy atom. The standard InChI is InChI=1S/C54H35NO/c1-2-15-41-35-53-50(34-40(41)14-1)54-49(23-11-25-52(54)56-53)48-20-7-8-24-51(48)55(42-30-26-38(27-31-42)46-21-9-16-36-12-3-5-18-44(36)46)43-32-28-39(29-33-43)47-22-10-17-37-13-4-6-19-45(37)47/h1-35H/i3D,4D,5D,6D,9D,10D,12D,13D,16D,17D,18D,19D,21D,22D,26D,27D,28D,29D,30D,31D,32D,33D. The summed E-state index contributed by atoms with van der Waals surface area (Å²) >= 11 is 0. The Morgan fingerprint density at radius 2 is 0.911 bits per heavy atom. The molecular weight excluding hydrogens is 679 g/mol. The van der Waals surface area contributed by atoms with Gasteiger partial charge in [0.2, 0.25) is 0 Å². The lowest BCUT2D eigenvalue weighted by Gasteiger charge is -2.28. The van der Waals surface area contributed by atoms with E-state index in [0.717, 1.165) is 15.7 Å². The number of para-hydroxylation sites is 1. The van der Waals surface area contributed by atoms with Crippen molar-refractivity contribution < 1.29 is 34.6 Å². The van der Waals surface area contributed by atoms with Crippen LogP contribution in [0.5, 0.6) is 0 Å². The van der Waals surface area contributed by atoms with Crippen molar-refractivity contribution in [2.75, 3.05) is 4.90 Å². The Kier molecular flexibility index (Phi) is 3.98. The van der Waals surface area contributed by atoms with Crippen molar-refractivity contribution in [2.45, 2.75) is 0 Å². The molecule has 0 bridgehead atoms. The minimum atomic E-state index is -0.938. The molecule has 0 aliphatic rings. The van der Waals surface area contributed by atoms with Gasteiger partial charge in [0.1, 0.15) is 11.2 Å². The fourth-order valence-corrected chi connectivity index (χ4v) is 7.07. The Morgan fingerprint density at radius 1 is 0.375 bits per heavy atom. The summed E-state index contributed by atoms with van der Waals surface area (Å²) in [4.78, 5) is 0.990. The van der Waals surface area contributed by atoms with Crippen molar-refractivity contribution >= 4 is 71.3 Å². The van der Waals surface area contributed by atoms with Crippen molar-refractivity contribution in [3.8, 4) is 33.4 Å². The Labute approximate surface area is 356 Å². The van der Waals surface area contributed by atoms with E-state index in [1.165, 1.54) is 12.1 Å². The van der Waals surface area contributed by atoms with Crippen LogP contribution in [0.3, 0.4) is 0 Å². The number of nitrogens with zero attached hydrogens (tertiary/aromatic N) is 1. The smallest absolute Gasteiger partial charge is 0.136 e. The quantitative estimate of drug-likeness (QED) is 0.169. The maximum absolute atomic E-state index is 9.84. The van der Waals surface area contributed by atoms with Crippen molar-refractivity contribution in [3.63, 3.8) is 0 Å². The highest BCUT2D eigenvalue weighted by Gasteiger charge is 2.21. The molecule has 0 atom stereocenters. The average Bonchev–Trinajstić information content (AvgIpc) is 3.71. The van der Waals surface area contributed by atoms with Crippen molar-refractivity contribution in [1.29, 1.82) is 0 Å². The molecule has 0 unspecified atom stereocenters. The van der Waals surface area contributed by atoms with Gasteiger partial charge in [0.25, 0.3) is 0 Å². The topological polar surface area (TPSA) is 16.4 Å². The molecule has 11 aromatic rings. The van der Waals surface area contributed by atoms with Crippen molar-refractivity contribution in [2.24, 2.45) is 0 Å². The molecule has 10 aromatic carbocycles.